The molecule has 4 rings (SSSR count). The third kappa shape index (κ3) is 3.64. The maximum Gasteiger partial charge on any atom is 0.276 e. The molecule has 1 aromatic heterocycles. The van der Waals surface area contributed by atoms with Crippen LogP contribution in [0.1, 0.15) is 42.4 Å². The molecule has 8 nitrogen and oxygen atoms in total. The van der Waals surface area contributed by atoms with Crippen molar-refractivity contribution in [2.75, 3.05) is 18.4 Å². The number of sulfonamides is 1. The van der Waals surface area contributed by atoms with Gasteiger partial charge in [-0.1, -0.05) is 24.2 Å². The largest absolute Gasteiger partial charge is 0.368 e. The van der Waals surface area contributed by atoms with Crippen LogP contribution < -0.4 is 10.0 Å². The van der Waals surface area contributed by atoms with Gasteiger partial charge in [0.25, 0.3) is 5.91 Å². The number of piperidine rings is 1. The number of aromatic nitrogens is 1. The highest BCUT2D eigenvalue weighted by molar-refractivity contribution is 7.89. The van der Waals surface area contributed by atoms with Gasteiger partial charge < -0.3 is 14.7 Å². The van der Waals surface area contributed by atoms with Crippen molar-refractivity contribution in [1.82, 2.24) is 14.8 Å². The summed E-state index contributed by atoms with van der Waals surface area (Å²) in [5.74, 6) is 0.687. The van der Waals surface area contributed by atoms with Gasteiger partial charge in [-0.25, -0.2) is 8.42 Å². The van der Waals surface area contributed by atoms with E-state index in [2.05, 4.69) is 15.2 Å². The van der Waals surface area contributed by atoms with Crippen molar-refractivity contribution < 1.29 is 17.7 Å². The van der Waals surface area contributed by atoms with Gasteiger partial charge in [-0.15, -0.1) is 0 Å². The predicted octanol–water partition coefficient (Wildman–Crippen LogP) is 2.21. The molecule has 2 aromatic rings. The number of nitrogens with zero attached hydrogens (tertiary/aromatic N) is 2. The number of carbonyl (C=O) groups is 1. The fourth-order valence-electron chi connectivity index (χ4n) is 3.84. The lowest BCUT2D eigenvalue weighted by Crippen LogP contribution is -2.52. The second-order valence-corrected chi connectivity index (χ2v) is 8.98. The molecule has 3 heterocycles. The van der Waals surface area contributed by atoms with Crippen LogP contribution in [0, 0.1) is 5.92 Å². The van der Waals surface area contributed by atoms with Gasteiger partial charge in [0.1, 0.15) is 10.7 Å². The van der Waals surface area contributed by atoms with E-state index in [1.807, 2.05) is 13.0 Å². The van der Waals surface area contributed by atoms with Crippen LogP contribution in [0.4, 0.5) is 5.69 Å². The SMILES string of the molecule is CCCc1cc(C(=O)N2CCC(C3Nc4ccccc4S(=O)(=O)N3)CC2)no1. The summed E-state index contributed by atoms with van der Waals surface area (Å²) < 4.78 is 33.0. The smallest absolute Gasteiger partial charge is 0.276 e. The number of para-hydroxylation sites is 1. The van der Waals surface area contributed by atoms with Crippen molar-refractivity contribution in [3.8, 4) is 0 Å². The van der Waals surface area contributed by atoms with Gasteiger partial charge in [-0.05, 0) is 37.3 Å². The first-order valence-electron chi connectivity index (χ1n) is 9.60. The molecule has 0 spiro atoms. The van der Waals surface area contributed by atoms with Crippen molar-refractivity contribution in [2.24, 2.45) is 5.92 Å². The van der Waals surface area contributed by atoms with Crippen LogP contribution in [0.15, 0.2) is 39.8 Å². The van der Waals surface area contributed by atoms with E-state index in [1.165, 1.54) is 0 Å². The summed E-state index contributed by atoms with van der Waals surface area (Å²) in [5, 5.41) is 7.19. The van der Waals surface area contributed by atoms with Crippen LogP contribution in [0.3, 0.4) is 0 Å². The molecule has 150 valence electrons. The molecule has 1 aromatic carbocycles. The Morgan fingerprint density at radius 3 is 2.79 bits per heavy atom. The number of hydrogen-bond donors (Lipinski definition) is 2. The zero-order valence-electron chi connectivity index (χ0n) is 15.7. The number of benzene rings is 1. The van der Waals surface area contributed by atoms with Crippen molar-refractivity contribution in [2.45, 2.75) is 43.7 Å². The number of nitrogens with one attached hydrogen (secondary N) is 2. The number of anilines is 1. The average Bonchev–Trinajstić information content (AvgIpc) is 3.16. The number of aryl methyl sites for hydroxylation is 1. The lowest BCUT2D eigenvalue weighted by atomic mass is 9.93. The monoisotopic (exact) mass is 404 g/mol. The van der Waals surface area contributed by atoms with E-state index >= 15 is 0 Å². The third-order valence-corrected chi connectivity index (χ3v) is 6.84. The summed E-state index contributed by atoms with van der Waals surface area (Å²) in [6.07, 6.45) is 2.72. The molecule has 2 aliphatic rings. The molecular formula is C19H24N4O4S. The van der Waals surface area contributed by atoms with E-state index in [1.54, 1.807) is 29.2 Å². The van der Waals surface area contributed by atoms with Gasteiger partial charge in [-0.3, -0.25) is 4.79 Å². The van der Waals surface area contributed by atoms with Crippen LogP contribution in [0.25, 0.3) is 0 Å². The number of amides is 1. The van der Waals surface area contributed by atoms with Gasteiger partial charge >= 0.3 is 0 Å². The molecular weight excluding hydrogens is 380 g/mol. The van der Waals surface area contributed by atoms with Gasteiger partial charge in [-0.2, -0.15) is 4.72 Å². The first kappa shape index (κ1) is 18.9. The van der Waals surface area contributed by atoms with Crippen molar-refractivity contribution >= 4 is 21.6 Å². The predicted molar refractivity (Wildman–Crippen MR) is 103 cm³/mol. The number of fused-ring (bicyclic) bond motifs is 1. The Morgan fingerprint density at radius 2 is 2.04 bits per heavy atom. The van der Waals surface area contributed by atoms with Gasteiger partial charge in [0.2, 0.25) is 10.0 Å². The van der Waals surface area contributed by atoms with Crippen LogP contribution >= 0.6 is 0 Å². The van der Waals surface area contributed by atoms with Crippen molar-refractivity contribution in [1.29, 1.82) is 0 Å². The molecule has 1 atom stereocenters. The third-order valence-electron chi connectivity index (χ3n) is 5.34. The van der Waals surface area contributed by atoms with E-state index in [4.69, 9.17) is 4.52 Å². The maximum absolute atomic E-state index is 12.6. The molecule has 2 aliphatic heterocycles. The van der Waals surface area contributed by atoms with Crippen molar-refractivity contribution in [3.63, 3.8) is 0 Å². The summed E-state index contributed by atoms with van der Waals surface area (Å²) >= 11 is 0. The van der Waals surface area contributed by atoms with Gasteiger partial charge in [0, 0.05) is 25.6 Å². The molecule has 0 saturated carbocycles. The summed E-state index contributed by atoms with van der Waals surface area (Å²) in [6, 6.07) is 8.60. The first-order chi connectivity index (χ1) is 13.5. The summed E-state index contributed by atoms with van der Waals surface area (Å²) in [7, 11) is -3.53. The molecule has 1 fully saturated rings. The van der Waals surface area contributed by atoms with E-state index < -0.39 is 10.0 Å². The Hall–Kier alpha value is -2.39. The average molecular weight is 404 g/mol. The molecule has 0 radical (unpaired) electrons. The Morgan fingerprint density at radius 1 is 1.29 bits per heavy atom. The standard InChI is InChI=1S/C19H24N4O4S/c1-2-5-14-12-16(21-27-14)19(24)23-10-8-13(9-11-23)18-20-15-6-3-4-7-17(15)28(25,26)22-18/h3-4,6-7,12-13,18,20,22H,2,5,8-11H2,1H3. The molecule has 2 N–H and O–H groups in total. The Bertz CT molecular complexity index is 964. The minimum Gasteiger partial charge on any atom is -0.368 e. The highest BCUT2D eigenvalue weighted by Gasteiger charge is 2.36. The topological polar surface area (TPSA) is 105 Å². The summed E-state index contributed by atoms with van der Waals surface area (Å²) in [4.78, 5) is 14.7. The lowest BCUT2D eigenvalue weighted by Gasteiger charge is -2.38. The second-order valence-electron chi connectivity index (χ2n) is 7.30. The van der Waals surface area contributed by atoms with Gasteiger partial charge in [0.15, 0.2) is 5.69 Å². The number of hydrogen-bond acceptors (Lipinski definition) is 6. The minimum absolute atomic E-state index is 0.0974. The van der Waals surface area contributed by atoms with E-state index in [0.29, 0.717) is 37.3 Å². The number of likely N-dealkylation sites (tertiary alicyclic amines) is 1. The van der Waals surface area contributed by atoms with Crippen molar-refractivity contribution in [3.05, 3.63) is 41.8 Å². The maximum atomic E-state index is 12.6. The van der Waals surface area contributed by atoms with Crippen LogP contribution in [0.5, 0.6) is 0 Å². The Labute approximate surface area is 164 Å². The Balaban J connectivity index is 1.40. The minimum atomic E-state index is -3.53. The quantitative estimate of drug-likeness (QED) is 0.810. The zero-order chi connectivity index (χ0) is 19.7. The molecule has 1 unspecified atom stereocenters. The van der Waals surface area contributed by atoms with E-state index in [0.717, 1.165) is 18.6 Å². The molecule has 0 bridgehead atoms. The molecule has 1 amide bonds. The number of carbonyl (C=O) groups excluding carboxylic acids is 1. The first-order valence-corrected chi connectivity index (χ1v) is 11.1. The van der Waals surface area contributed by atoms with E-state index in [-0.39, 0.29) is 22.9 Å². The lowest BCUT2D eigenvalue weighted by molar-refractivity contribution is 0.0669. The van der Waals surface area contributed by atoms with Gasteiger partial charge in [0.05, 0.1) is 11.9 Å². The fraction of sp³-hybridized carbons (Fsp3) is 0.474. The van der Waals surface area contributed by atoms with Crippen LogP contribution in [-0.4, -0.2) is 43.6 Å². The molecule has 0 aliphatic carbocycles. The molecule has 9 heteroatoms. The second kappa shape index (κ2) is 7.56. The number of rotatable bonds is 4. The summed E-state index contributed by atoms with van der Waals surface area (Å²) in [5.41, 5.74) is 0.961. The highest BCUT2D eigenvalue weighted by atomic mass is 32.2. The Kier molecular flexibility index (Phi) is 5.11. The van der Waals surface area contributed by atoms with Crippen LogP contribution in [-0.2, 0) is 16.4 Å². The zero-order valence-corrected chi connectivity index (χ0v) is 16.5. The highest BCUT2D eigenvalue weighted by Crippen LogP contribution is 2.31. The molecule has 28 heavy (non-hydrogen) atoms. The van der Waals surface area contributed by atoms with E-state index in [9.17, 15) is 13.2 Å². The summed E-state index contributed by atoms with van der Waals surface area (Å²) in [6.45, 7) is 3.16. The normalized spacial score (nSPS) is 21.8. The van der Waals surface area contributed by atoms with Crippen LogP contribution in [0.2, 0.25) is 0 Å². The fourth-order valence-corrected chi connectivity index (χ4v) is 5.22. The molecule has 1 saturated heterocycles.